The molecular weight excluding hydrogens is 757 g/mol. The zero-order valence-electron chi connectivity index (χ0n) is 43.0. The first kappa shape index (κ1) is 27.4. The summed E-state index contributed by atoms with van der Waals surface area (Å²) in [5.41, 5.74) is 6.34. The molecule has 0 aliphatic carbocycles. The van der Waals surface area contributed by atoms with Gasteiger partial charge in [-0.1, -0.05) is 127 Å². The Kier molecular flexibility index (Phi) is 7.05. The first-order valence-electron chi connectivity index (χ1n) is 25.1. The highest BCUT2D eigenvalue weighted by atomic mass is 16.3. The van der Waals surface area contributed by atoms with Crippen molar-refractivity contribution in [3.05, 3.63) is 242 Å². The van der Waals surface area contributed by atoms with E-state index in [4.69, 9.17) is 23.1 Å². The Balaban J connectivity index is 1.09. The van der Waals surface area contributed by atoms with Crippen LogP contribution in [0.3, 0.4) is 0 Å². The van der Waals surface area contributed by atoms with Gasteiger partial charge in [0.15, 0.2) is 5.58 Å². The van der Waals surface area contributed by atoms with Gasteiger partial charge in [0.1, 0.15) is 5.52 Å². The molecule has 0 atom stereocenters. The third kappa shape index (κ3) is 6.87. The number of anilines is 9. The van der Waals surface area contributed by atoms with E-state index in [-0.39, 0.29) is 17.1 Å². The summed E-state index contributed by atoms with van der Waals surface area (Å²) in [6.07, 6.45) is 0. The van der Waals surface area contributed by atoms with Gasteiger partial charge >= 0.3 is 0 Å². The third-order valence-electron chi connectivity index (χ3n) is 10.8. The van der Waals surface area contributed by atoms with Crippen LogP contribution in [0, 0.1) is 0 Å². The predicted octanol–water partition coefficient (Wildman–Crippen LogP) is 16.2. The minimum Gasteiger partial charge on any atom is -0.435 e. The number of hydrogen-bond donors (Lipinski definition) is 0. The van der Waals surface area contributed by atoms with Gasteiger partial charge in [-0.2, -0.15) is 0 Å². The molecular formula is C57H40N4O. The topological polar surface area (TPSA) is 35.8 Å². The lowest BCUT2D eigenvalue weighted by Gasteiger charge is -2.31. The fraction of sp³-hybridized carbons (Fsp3) is 0. The van der Waals surface area contributed by atoms with Crippen LogP contribution >= 0.6 is 0 Å². The van der Waals surface area contributed by atoms with Gasteiger partial charge in [-0.25, -0.2) is 4.98 Å². The summed E-state index contributed by atoms with van der Waals surface area (Å²) in [4.78, 5) is 10.2. The summed E-state index contributed by atoms with van der Waals surface area (Å²) in [6, 6.07) is 52.7. The van der Waals surface area contributed by atoms with Crippen molar-refractivity contribution >= 4 is 83.8 Å². The van der Waals surface area contributed by atoms with Gasteiger partial charge in [0.05, 0.1) is 13.7 Å². The molecule has 0 aliphatic rings. The summed E-state index contributed by atoms with van der Waals surface area (Å²) >= 11 is 0. The number of para-hydroxylation sites is 4. The van der Waals surface area contributed by atoms with Gasteiger partial charge in [0.25, 0.3) is 0 Å². The highest BCUT2D eigenvalue weighted by Gasteiger charge is 2.21. The lowest BCUT2D eigenvalue weighted by molar-refractivity contribution is 0.623. The molecule has 0 bridgehead atoms. The second-order valence-electron chi connectivity index (χ2n) is 14.5. The summed E-state index contributed by atoms with van der Waals surface area (Å²) in [6.45, 7) is 0. The van der Waals surface area contributed by atoms with E-state index in [0.717, 1.165) is 61.1 Å². The lowest BCUT2D eigenvalue weighted by atomic mass is 10.00. The number of hydrogen-bond acceptors (Lipinski definition) is 5. The third-order valence-corrected chi connectivity index (χ3v) is 10.8. The first-order chi connectivity index (χ1) is 34.9. The van der Waals surface area contributed by atoms with E-state index in [2.05, 4.69) is 47.4 Å². The van der Waals surface area contributed by atoms with Crippen LogP contribution in [0.4, 0.5) is 51.2 Å². The fourth-order valence-electron chi connectivity index (χ4n) is 8.02. The molecule has 0 fully saturated rings. The zero-order valence-corrected chi connectivity index (χ0v) is 33.0. The van der Waals surface area contributed by atoms with Crippen LogP contribution in [0.1, 0.15) is 13.7 Å². The number of rotatable bonds is 10. The van der Waals surface area contributed by atoms with Gasteiger partial charge in [-0.3, -0.25) is 0 Å². The average molecular weight is 807 g/mol. The Morgan fingerprint density at radius 3 is 1.35 bits per heavy atom. The second-order valence-corrected chi connectivity index (χ2v) is 14.5. The predicted molar refractivity (Wildman–Crippen MR) is 259 cm³/mol. The molecule has 5 nitrogen and oxygen atoms in total. The van der Waals surface area contributed by atoms with Crippen molar-refractivity contribution in [3.8, 4) is 11.5 Å². The van der Waals surface area contributed by atoms with Gasteiger partial charge in [-0.15, -0.1) is 0 Å². The van der Waals surface area contributed by atoms with Crippen molar-refractivity contribution in [1.29, 1.82) is 0 Å². The summed E-state index contributed by atoms with van der Waals surface area (Å²) in [5.74, 6) is 0.540. The Morgan fingerprint density at radius 1 is 0.371 bits per heavy atom. The van der Waals surface area contributed by atoms with E-state index in [1.165, 1.54) is 4.90 Å². The highest BCUT2D eigenvalue weighted by molar-refractivity contribution is 6.18. The van der Waals surface area contributed by atoms with Crippen LogP contribution < -0.4 is 14.7 Å². The van der Waals surface area contributed by atoms with E-state index in [9.17, 15) is 0 Å². The molecule has 0 N–H and O–H groups in total. The number of nitrogens with zero attached hydrogens (tertiary/aromatic N) is 4. The molecule has 62 heavy (non-hydrogen) atoms. The molecule has 0 unspecified atom stereocenters. The number of aromatic nitrogens is 1. The zero-order chi connectivity index (χ0) is 49.9. The van der Waals surface area contributed by atoms with Crippen LogP contribution in [-0.4, -0.2) is 4.98 Å². The van der Waals surface area contributed by atoms with Crippen molar-refractivity contribution in [2.45, 2.75) is 0 Å². The van der Waals surface area contributed by atoms with Gasteiger partial charge in [0.2, 0.25) is 5.89 Å². The molecule has 0 spiro atoms. The molecule has 0 aliphatic heterocycles. The molecule has 1 aromatic heterocycles. The Bertz CT molecular complexity index is 3790. The van der Waals surface area contributed by atoms with Gasteiger partial charge in [-0.05, 0) is 131 Å². The molecule has 11 aromatic rings. The van der Waals surface area contributed by atoms with E-state index >= 15 is 0 Å². The molecule has 1 heterocycles. The van der Waals surface area contributed by atoms with Crippen molar-refractivity contribution < 1.29 is 18.1 Å². The van der Waals surface area contributed by atoms with Crippen molar-refractivity contribution in [3.63, 3.8) is 0 Å². The number of benzene rings is 10. The van der Waals surface area contributed by atoms with E-state index in [1.54, 1.807) is 18.2 Å². The summed E-state index contributed by atoms with van der Waals surface area (Å²) < 4.78 is 93.7. The van der Waals surface area contributed by atoms with Crippen molar-refractivity contribution in [1.82, 2.24) is 4.98 Å². The molecule has 11 rings (SSSR count). The first-order valence-corrected chi connectivity index (χ1v) is 20.1. The Hall–Kier alpha value is -8.41. The molecule has 0 saturated heterocycles. The maximum absolute atomic E-state index is 9.03. The normalized spacial score (nSPS) is 13.5. The van der Waals surface area contributed by atoms with E-state index < -0.39 is 60.4 Å². The highest BCUT2D eigenvalue weighted by Crippen LogP contribution is 2.44. The maximum Gasteiger partial charge on any atom is 0.227 e. The minimum absolute atomic E-state index is 0.174. The van der Waals surface area contributed by atoms with E-state index in [1.807, 2.05) is 126 Å². The van der Waals surface area contributed by atoms with E-state index in [0.29, 0.717) is 17.2 Å². The molecule has 0 radical (unpaired) electrons. The fourth-order valence-corrected chi connectivity index (χ4v) is 8.02. The molecule has 294 valence electrons. The monoisotopic (exact) mass is 806 g/mol. The van der Waals surface area contributed by atoms with Crippen LogP contribution in [0.2, 0.25) is 0 Å². The standard InChI is InChI=1S/C57H40N4O/c1-6-18-43(19-7-1)57-58-54-37-35-42-33-32-41-34-36-52(40-53(41)55(42)56(54)62-57)61(47-26-14-5-15-27-47)51-31-17-30-50(39-51)60(46-24-12-4-13-25-46)49-29-16-28-48(38-49)59(44-20-8-2-9-21-44)45-22-10-3-11-23-45/h1-40H/i2D,3D,8D,9D,10D,11D,20D,21D,22D,23D. The molecule has 5 heteroatoms. The van der Waals surface area contributed by atoms with Crippen LogP contribution in [0.25, 0.3) is 44.1 Å². The maximum atomic E-state index is 9.03. The largest absolute Gasteiger partial charge is 0.435 e. The van der Waals surface area contributed by atoms with Gasteiger partial charge < -0.3 is 19.1 Å². The van der Waals surface area contributed by atoms with Crippen LogP contribution in [-0.2, 0) is 0 Å². The molecule has 10 aromatic carbocycles. The summed E-state index contributed by atoms with van der Waals surface area (Å²) in [5, 5.41) is 3.96. The minimum atomic E-state index is -0.645. The SMILES string of the molecule is [2H]c1c([2H])c([2H])c(N(c2cccc(N(c3ccccc3)c3cccc(N(c4ccccc4)c4ccc5ccc6ccc7nc(-c8ccccc8)oc7c6c5c4)c3)c2)c2c([2H])c([2H])c([2H])c([2H])c2[2H])c([2H])c1[2H]. The Labute approximate surface area is 374 Å². The quantitative estimate of drug-likeness (QED) is 0.129. The van der Waals surface area contributed by atoms with Crippen LogP contribution in [0.5, 0.6) is 0 Å². The smallest absolute Gasteiger partial charge is 0.227 e. The summed E-state index contributed by atoms with van der Waals surface area (Å²) in [7, 11) is 0. The number of fused-ring (bicyclic) bond motifs is 5. The number of oxazole rings is 1. The Morgan fingerprint density at radius 2 is 0.806 bits per heavy atom. The second kappa shape index (κ2) is 16.0. The molecule has 0 amide bonds. The van der Waals surface area contributed by atoms with Crippen LogP contribution in [0.15, 0.2) is 247 Å². The average Bonchev–Trinajstić information content (AvgIpc) is 3.87. The molecule has 0 saturated carbocycles. The van der Waals surface area contributed by atoms with Gasteiger partial charge in [0, 0.05) is 62.1 Å². The van der Waals surface area contributed by atoms with Crippen molar-refractivity contribution in [2.75, 3.05) is 14.7 Å². The lowest BCUT2D eigenvalue weighted by Crippen LogP contribution is -2.14. The van der Waals surface area contributed by atoms with Crippen molar-refractivity contribution in [2.24, 2.45) is 0 Å².